The second-order valence-electron chi connectivity index (χ2n) is 7.05. The zero-order valence-corrected chi connectivity index (χ0v) is 16.1. The molecule has 148 valence electrons. The highest BCUT2D eigenvalue weighted by atomic mass is 16.2. The van der Waals surface area contributed by atoms with E-state index in [4.69, 9.17) is 5.73 Å². The number of benzene rings is 1. The molecule has 7 nitrogen and oxygen atoms in total. The number of aromatic nitrogens is 1. The molecule has 0 aliphatic carbocycles. The monoisotopic (exact) mass is 382 g/mol. The van der Waals surface area contributed by atoms with E-state index in [2.05, 4.69) is 4.98 Å². The highest BCUT2D eigenvalue weighted by molar-refractivity contribution is 5.98. The lowest BCUT2D eigenvalue weighted by Crippen LogP contribution is -2.49. The quantitative estimate of drug-likeness (QED) is 0.801. The Morgan fingerprint density at radius 2 is 1.82 bits per heavy atom. The summed E-state index contributed by atoms with van der Waals surface area (Å²) >= 11 is 0. The number of aromatic amines is 1. The van der Waals surface area contributed by atoms with Gasteiger partial charge in [-0.15, -0.1) is 0 Å². The minimum absolute atomic E-state index is 0.0304. The molecule has 0 unspecified atom stereocenters. The highest BCUT2D eigenvalue weighted by Crippen LogP contribution is 2.21. The molecule has 0 bridgehead atoms. The van der Waals surface area contributed by atoms with Crippen LogP contribution < -0.4 is 5.73 Å². The summed E-state index contributed by atoms with van der Waals surface area (Å²) in [7, 11) is 0. The van der Waals surface area contributed by atoms with Gasteiger partial charge < -0.3 is 20.5 Å². The molecule has 0 radical (unpaired) electrons. The third-order valence-electron chi connectivity index (χ3n) is 5.14. The van der Waals surface area contributed by atoms with E-state index in [9.17, 15) is 14.4 Å². The molecule has 3 N–H and O–H groups in total. The number of nitrogens with zero attached hydrogens (tertiary/aromatic N) is 2. The number of amides is 3. The van der Waals surface area contributed by atoms with Crippen LogP contribution in [0.5, 0.6) is 0 Å². The van der Waals surface area contributed by atoms with Crippen molar-refractivity contribution in [3.63, 3.8) is 0 Å². The van der Waals surface area contributed by atoms with Gasteiger partial charge in [-0.1, -0.05) is 25.1 Å². The number of likely N-dealkylation sites (tertiary alicyclic amines) is 1. The molecule has 1 aliphatic heterocycles. The molecule has 0 spiro atoms. The average Bonchev–Trinajstić information content (AvgIpc) is 3.22. The zero-order chi connectivity index (χ0) is 20.1. The Morgan fingerprint density at radius 3 is 2.39 bits per heavy atom. The Labute approximate surface area is 164 Å². The minimum Gasteiger partial charge on any atom is -0.366 e. The first-order valence-corrected chi connectivity index (χ1v) is 9.64. The van der Waals surface area contributed by atoms with Crippen molar-refractivity contribution in [2.45, 2.75) is 32.2 Å². The Kier molecular flexibility index (Phi) is 6.13. The average molecular weight is 382 g/mol. The molecule has 3 rings (SSSR count). The second kappa shape index (κ2) is 8.73. The molecule has 1 aromatic carbocycles. The molecule has 7 heteroatoms. The number of rotatable bonds is 6. The minimum atomic E-state index is -0.565. The number of hydrogen-bond acceptors (Lipinski definition) is 3. The molecule has 1 aliphatic rings. The first-order valence-electron chi connectivity index (χ1n) is 9.64. The summed E-state index contributed by atoms with van der Waals surface area (Å²) in [5.41, 5.74) is 6.62. The molecule has 2 heterocycles. The molecule has 1 aromatic heterocycles. The maximum Gasteiger partial charge on any atom is 0.270 e. The maximum atomic E-state index is 13.0. The summed E-state index contributed by atoms with van der Waals surface area (Å²) in [5.74, 6) is -0.671. The molecule has 2 aromatic rings. The third-order valence-corrected chi connectivity index (χ3v) is 5.14. The van der Waals surface area contributed by atoms with E-state index in [1.165, 1.54) is 12.3 Å². The smallest absolute Gasteiger partial charge is 0.270 e. The van der Waals surface area contributed by atoms with Crippen LogP contribution >= 0.6 is 0 Å². The SMILES string of the molecule is CCCN(C(=O)c1cc(C(N)=O)c[nH]1)C1CCN(C(=O)c2ccccc2)CC1. The fraction of sp³-hybridized carbons (Fsp3) is 0.381. The summed E-state index contributed by atoms with van der Waals surface area (Å²) in [6, 6.07) is 10.8. The number of H-pyrrole nitrogens is 1. The first kappa shape index (κ1) is 19.7. The van der Waals surface area contributed by atoms with Crippen LogP contribution in [-0.4, -0.2) is 58.2 Å². The number of nitrogens with one attached hydrogen (secondary N) is 1. The van der Waals surface area contributed by atoms with Crippen LogP contribution in [0.2, 0.25) is 0 Å². The molecule has 1 saturated heterocycles. The Balaban J connectivity index is 1.66. The lowest BCUT2D eigenvalue weighted by molar-refractivity contribution is 0.0515. The van der Waals surface area contributed by atoms with Gasteiger partial charge in [-0.05, 0) is 37.5 Å². The van der Waals surface area contributed by atoms with Crippen LogP contribution in [-0.2, 0) is 0 Å². The van der Waals surface area contributed by atoms with Crippen LogP contribution in [0.25, 0.3) is 0 Å². The topological polar surface area (TPSA) is 99.5 Å². The molecular formula is C21H26N4O3. The van der Waals surface area contributed by atoms with Gasteiger partial charge in [0.15, 0.2) is 0 Å². The van der Waals surface area contributed by atoms with Gasteiger partial charge in [0.25, 0.3) is 11.8 Å². The largest absolute Gasteiger partial charge is 0.366 e. The maximum absolute atomic E-state index is 13.0. The van der Waals surface area contributed by atoms with Gasteiger partial charge in [0.2, 0.25) is 5.91 Å². The standard InChI is InChI=1S/C21H26N4O3/c1-2-10-25(21(28)18-13-16(14-23-18)19(22)26)17-8-11-24(12-9-17)20(27)15-6-4-3-5-7-15/h3-7,13-14,17,23H,2,8-12H2,1H3,(H2,22,26). The van der Waals surface area contributed by atoms with Crippen molar-refractivity contribution in [2.24, 2.45) is 5.73 Å². The van der Waals surface area contributed by atoms with Crippen LogP contribution in [0.4, 0.5) is 0 Å². The van der Waals surface area contributed by atoms with Crippen molar-refractivity contribution in [1.82, 2.24) is 14.8 Å². The Morgan fingerprint density at radius 1 is 1.14 bits per heavy atom. The number of primary amides is 1. The summed E-state index contributed by atoms with van der Waals surface area (Å²) in [6.07, 6.45) is 3.75. The number of hydrogen-bond donors (Lipinski definition) is 2. The molecule has 0 atom stereocenters. The first-order chi connectivity index (χ1) is 13.5. The lowest BCUT2D eigenvalue weighted by atomic mass is 10.0. The van der Waals surface area contributed by atoms with Gasteiger partial charge in [0.1, 0.15) is 5.69 Å². The molecule has 1 fully saturated rings. The van der Waals surface area contributed by atoms with E-state index >= 15 is 0 Å². The van der Waals surface area contributed by atoms with E-state index in [1.807, 2.05) is 47.1 Å². The van der Waals surface area contributed by atoms with Gasteiger partial charge in [0.05, 0.1) is 5.56 Å². The van der Waals surface area contributed by atoms with Gasteiger partial charge in [0, 0.05) is 37.4 Å². The van der Waals surface area contributed by atoms with E-state index in [1.54, 1.807) is 0 Å². The number of nitrogens with two attached hydrogens (primary N) is 1. The van der Waals surface area contributed by atoms with Crippen LogP contribution in [0, 0.1) is 0 Å². The zero-order valence-electron chi connectivity index (χ0n) is 16.1. The lowest BCUT2D eigenvalue weighted by Gasteiger charge is -2.38. The fourth-order valence-electron chi connectivity index (χ4n) is 3.65. The van der Waals surface area contributed by atoms with Crippen molar-refractivity contribution in [3.05, 3.63) is 59.4 Å². The second-order valence-corrected chi connectivity index (χ2v) is 7.05. The predicted octanol–water partition coefficient (Wildman–Crippen LogP) is 2.27. The van der Waals surface area contributed by atoms with Gasteiger partial charge >= 0.3 is 0 Å². The van der Waals surface area contributed by atoms with Crippen LogP contribution in [0.3, 0.4) is 0 Å². The van der Waals surface area contributed by atoms with Gasteiger partial charge in [-0.25, -0.2) is 0 Å². The summed E-state index contributed by atoms with van der Waals surface area (Å²) < 4.78 is 0. The molecule has 0 saturated carbocycles. The summed E-state index contributed by atoms with van der Waals surface area (Å²) in [6.45, 7) is 3.88. The van der Waals surface area contributed by atoms with Gasteiger partial charge in [-0.3, -0.25) is 14.4 Å². The van der Waals surface area contributed by atoms with Crippen molar-refractivity contribution >= 4 is 17.7 Å². The third kappa shape index (κ3) is 4.24. The number of carbonyl (C=O) groups excluding carboxylic acids is 3. The van der Waals surface area contributed by atoms with Crippen LogP contribution in [0.15, 0.2) is 42.6 Å². The number of carbonyl (C=O) groups is 3. The number of piperidine rings is 1. The van der Waals surface area contributed by atoms with Crippen molar-refractivity contribution < 1.29 is 14.4 Å². The van der Waals surface area contributed by atoms with Crippen LogP contribution in [0.1, 0.15) is 57.4 Å². The summed E-state index contributed by atoms with van der Waals surface area (Å²) in [4.78, 5) is 43.4. The van der Waals surface area contributed by atoms with Gasteiger partial charge in [-0.2, -0.15) is 0 Å². The highest BCUT2D eigenvalue weighted by Gasteiger charge is 2.30. The Bertz CT molecular complexity index is 838. The fourth-order valence-corrected chi connectivity index (χ4v) is 3.65. The van der Waals surface area contributed by atoms with Crippen molar-refractivity contribution in [3.8, 4) is 0 Å². The summed E-state index contributed by atoms with van der Waals surface area (Å²) in [5, 5.41) is 0. The van der Waals surface area contributed by atoms with E-state index in [-0.39, 0.29) is 17.9 Å². The predicted molar refractivity (Wildman–Crippen MR) is 106 cm³/mol. The van der Waals surface area contributed by atoms with E-state index in [0.717, 1.165) is 19.3 Å². The van der Waals surface area contributed by atoms with Crippen molar-refractivity contribution in [1.29, 1.82) is 0 Å². The van der Waals surface area contributed by atoms with E-state index in [0.29, 0.717) is 36.5 Å². The molecular weight excluding hydrogens is 356 g/mol. The molecule has 28 heavy (non-hydrogen) atoms. The normalized spacial score (nSPS) is 14.7. The van der Waals surface area contributed by atoms with E-state index < -0.39 is 5.91 Å². The Hall–Kier alpha value is -3.09. The molecule has 3 amide bonds. The van der Waals surface area contributed by atoms with Crippen molar-refractivity contribution in [2.75, 3.05) is 19.6 Å².